The number of unbranched alkanes of at least 4 members (excludes halogenated alkanes) is 1. The Morgan fingerprint density at radius 3 is 2.63 bits per heavy atom. The number of nitrogens with zero attached hydrogens (tertiary/aromatic N) is 3. The minimum Gasteiger partial charge on any atom is -0.507 e. The zero-order valence-electron chi connectivity index (χ0n) is 20.1. The van der Waals surface area contributed by atoms with Crippen LogP contribution in [0.3, 0.4) is 0 Å². The number of nitrogens with two attached hydrogens (primary N) is 1. The van der Waals surface area contributed by atoms with E-state index in [4.69, 9.17) is 15.2 Å². The second kappa shape index (κ2) is 12.7. The molecule has 2 aromatic carbocycles. The third kappa shape index (κ3) is 7.69. The molecule has 0 aliphatic heterocycles. The molecule has 0 bridgehead atoms. The Labute approximate surface area is 204 Å². The maximum Gasteiger partial charge on any atom is 0.252 e. The van der Waals surface area contributed by atoms with Gasteiger partial charge in [0.15, 0.2) is 11.6 Å². The molecule has 3 aromatic rings. The first kappa shape index (κ1) is 26.0. The molecule has 1 unspecified atom stereocenters. The molecule has 0 fully saturated rings. The molecule has 1 amide bonds. The van der Waals surface area contributed by atoms with Crippen LogP contribution in [0.5, 0.6) is 17.2 Å². The van der Waals surface area contributed by atoms with Crippen LogP contribution in [0.4, 0.5) is 0 Å². The number of hydrogen-bond acceptors (Lipinski definition) is 8. The van der Waals surface area contributed by atoms with Gasteiger partial charge in [0.1, 0.15) is 36.6 Å². The van der Waals surface area contributed by atoms with Gasteiger partial charge >= 0.3 is 0 Å². The number of primary amides is 1. The van der Waals surface area contributed by atoms with Crippen molar-refractivity contribution >= 4 is 5.91 Å². The van der Waals surface area contributed by atoms with Gasteiger partial charge in [-0.2, -0.15) is 5.10 Å². The fraction of sp³-hybridized carbons (Fsp3) is 0.400. The van der Waals surface area contributed by atoms with Crippen LogP contribution >= 0.6 is 0 Å². The smallest absolute Gasteiger partial charge is 0.252 e. The summed E-state index contributed by atoms with van der Waals surface area (Å²) in [6, 6.07) is 11.8. The summed E-state index contributed by atoms with van der Waals surface area (Å²) >= 11 is 0. The topological polar surface area (TPSA) is 145 Å². The van der Waals surface area contributed by atoms with Crippen molar-refractivity contribution in [3.05, 3.63) is 53.9 Å². The van der Waals surface area contributed by atoms with E-state index >= 15 is 0 Å². The SMILES string of the molecule is CCCCc1nc(-c2ccc(OCC(O)CNCCOc3ccc(O)c(C(N)=O)c3)cc2)n(C)n1. The molecule has 3 rings (SSSR count). The fourth-order valence-corrected chi connectivity index (χ4v) is 3.39. The van der Waals surface area contributed by atoms with Crippen molar-refractivity contribution in [3.8, 4) is 28.6 Å². The predicted octanol–water partition coefficient (Wildman–Crippen LogP) is 2.04. The van der Waals surface area contributed by atoms with E-state index in [-0.39, 0.29) is 17.9 Å². The van der Waals surface area contributed by atoms with Gasteiger partial charge in [0.2, 0.25) is 0 Å². The van der Waals surface area contributed by atoms with Crippen molar-refractivity contribution in [1.82, 2.24) is 20.1 Å². The van der Waals surface area contributed by atoms with Crippen molar-refractivity contribution < 1.29 is 24.5 Å². The minimum atomic E-state index is -0.728. The van der Waals surface area contributed by atoms with E-state index in [9.17, 15) is 15.0 Å². The second-order valence-electron chi connectivity index (χ2n) is 8.16. The number of aromatic nitrogens is 3. The Morgan fingerprint density at radius 1 is 1.17 bits per heavy atom. The second-order valence-corrected chi connectivity index (χ2v) is 8.16. The van der Waals surface area contributed by atoms with Crippen LogP contribution in [0.15, 0.2) is 42.5 Å². The normalized spacial score (nSPS) is 11.9. The van der Waals surface area contributed by atoms with Gasteiger partial charge in [0.05, 0.1) is 5.56 Å². The van der Waals surface area contributed by atoms with E-state index in [0.29, 0.717) is 31.2 Å². The number of aromatic hydroxyl groups is 1. The van der Waals surface area contributed by atoms with Crippen molar-refractivity contribution in [2.24, 2.45) is 12.8 Å². The van der Waals surface area contributed by atoms with Crippen LogP contribution in [0.2, 0.25) is 0 Å². The molecule has 10 heteroatoms. The van der Waals surface area contributed by atoms with Crippen LogP contribution in [0, 0.1) is 0 Å². The Bertz CT molecular complexity index is 1100. The highest BCUT2D eigenvalue weighted by atomic mass is 16.5. The van der Waals surface area contributed by atoms with Crippen LogP contribution in [0.1, 0.15) is 35.9 Å². The molecule has 5 N–H and O–H groups in total. The summed E-state index contributed by atoms with van der Waals surface area (Å²) in [6.45, 7) is 3.38. The highest BCUT2D eigenvalue weighted by molar-refractivity contribution is 5.95. The summed E-state index contributed by atoms with van der Waals surface area (Å²) in [4.78, 5) is 15.9. The summed E-state index contributed by atoms with van der Waals surface area (Å²) in [7, 11) is 1.89. The zero-order valence-corrected chi connectivity index (χ0v) is 20.1. The number of carbonyl (C=O) groups is 1. The summed E-state index contributed by atoms with van der Waals surface area (Å²) in [5, 5.41) is 27.3. The van der Waals surface area contributed by atoms with E-state index in [2.05, 4.69) is 22.3 Å². The van der Waals surface area contributed by atoms with Gasteiger partial charge in [-0.1, -0.05) is 13.3 Å². The molecule has 0 aliphatic rings. The number of benzene rings is 2. The Morgan fingerprint density at radius 2 is 1.91 bits per heavy atom. The highest BCUT2D eigenvalue weighted by Crippen LogP contribution is 2.23. The first-order chi connectivity index (χ1) is 16.9. The number of rotatable bonds is 14. The first-order valence-electron chi connectivity index (χ1n) is 11.6. The largest absolute Gasteiger partial charge is 0.507 e. The number of aliphatic hydroxyl groups is 1. The lowest BCUT2D eigenvalue weighted by molar-refractivity contribution is 0.0996. The van der Waals surface area contributed by atoms with Crippen molar-refractivity contribution in [1.29, 1.82) is 0 Å². The van der Waals surface area contributed by atoms with Crippen LogP contribution in [0.25, 0.3) is 11.4 Å². The van der Waals surface area contributed by atoms with Gasteiger partial charge in [-0.3, -0.25) is 4.79 Å². The van der Waals surface area contributed by atoms with Gasteiger partial charge in [-0.05, 0) is 48.9 Å². The molecule has 10 nitrogen and oxygen atoms in total. The molecular weight excluding hydrogens is 450 g/mol. The van der Waals surface area contributed by atoms with E-state index in [1.165, 1.54) is 12.1 Å². The molecule has 1 aromatic heterocycles. The number of aryl methyl sites for hydroxylation is 2. The summed E-state index contributed by atoms with van der Waals surface area (Å²) < 4.78 is 13.0. The molecule has 0 radical (unpaired) electrons. The fourth-order valence-electron chi connectivity index (χ4n) is 3.39. The molecule has 0 aliphatic carbocycles. The Kier molecular flexibility index (Phi) is 9.45. The third-order valence-corrected chi connectivity index (χ3v) is 5.28. The van der Waals surface area contributed by atoms with Gasteiger partial charge in [0.25, 0.3) is 5.91 Å². The maximum absolute atomic E-state index is 11.3. The van der Waals surface area contributed by atoms with Crippen LogP contribution < -0.4 is 20.5 Å². The average Bonchev–Trinajstić information content (AvgIpc) is 3.22. The van der Waals surface area contributed by atoms with Crippen LogP contribution in [-0.2, 0) is 13.5 Å². The monoisotopic (exact) mass is 483 g/mol. The Hall–Kier alpha value is -3.63. The zero-order chi connectivity index (χ0) is 25.2. The lowest BCUT2D eigenvalue weighted by Gasteiger charge is -2.14. The lowest BCUT2D eigenvalue weighted by Crippen LogP contribution is -2.33. The summed E-state index contributed by atoms with van der Waals surface area (Å²) in [5.74, 6) is 1.82. The first-order valence-corrected chi connectivity index (χ1v) is 11.6. The molecular formula is C25H33N5O5. The number of ether oxygens (including phenoxy) is 2. The summed E-state index contributed by atoms with van der Waals surface area (Å²) in [6.07, 6.45) is 2.34. The number of phenols is 1. The number of carbonyl (C=O) groups excluding carboxylic acids is 1. The molecule has 35 heavy (non-hydrogen) atoms. The quantitative estimate of drug-likeness (QED) is 0.255. The van der Waals surface area contributed by atoms with Crippen molar-refractivity contribution in [3.63, 3.8) is 0 Å². The molecule has 0 saturated carbocycles. The third-order valence-electron chi connectivity index (χ3n) is 5.28. The molecule has 1 heterocycles. The summed E-state index contributed by atoms with van der Waals surface area (Å²) in [5.41, 5.74) is 6.16. The van der Waals surface area contributed by atoms with Crippen LogP contribution in [-0.4, -0.2) is 63.3 Å². The standard InChI is InChI=1S/C25H33N5O5/c1-3-4-5-23-28-25(30(2)29-23)17-6-8-19(9-7-17)35-16-18(31)15-27-12-13-34-20-10-11-22(32)21(14-20)24(26)33/h6-11,14,18,27,31-32H,3-5,12-13,15-16H2,1-2H3,(H2,26,33). The van der Waals surface area contributed by atoms with E-state index in [1.807, 2.05) is 31.3 Å². The Balaban J connectivity index is 1.37. The minimum absolute atomic E-state index is 0.00405. The predicted molar refractivity (Wildman–Crippen MR) is 132 cm³/mol. The van der Waals surface area contributed by atoms with E-state index in [0.717, 1.165) is 36.5 Å². The van der Waals surface area contributed by atoms with Crippen molar-refractivity contribution in [2.45, 2.75) is 32.3 Å². The maximum atomic E-state index is 11.3. The number of nitrogens with one attached hydrogen (secondary N) is 1. The van der Waals surface area contributed by atoms with E-state index < -0.39 is 12.0 Å². The molecule has 0 saturated heterocycles. The lowest BCUT2D eigenvalue weighted by atomic mass is 10.2. The number of hydrogen-bond donors (Lipinski definition) is 4. The van der Waals surface area contributed by atoms with Gasteiger partial charge in [-0.25, -0.2) is 9.67 Å². The molecule has 1 atom stereocenters. The number of amides is 1. The molecule has 188 valence electrons. The average molecular weight is 484 g/mol. The van der Waals surface area contributed by atoms with Crippen molar-refractivity contribution in [2.75, 3.05) is 26.3 Å². The van der Waals surface area contributed by atoms with Gasteiger partial charge in [0, 0.05) is 32.1 Å². The van der Waals surface area contributed by atoms with Gasteiger partial charge < -0.3 is 30.7 Å². The molecule has 0 spiro atoms. The van der Waals surface area contributed by atoms with E-state index in [1.54, 1.807) is 10.7 Å². The van der Waals surface area contributed by atoms with Gasteiger partial charge in [-0.15, -0.1) is 0 Å². The highest BCUT2D eigenvalue weighted by Gasteiger charge is 2.11. The number of aliphatic hydroxyl groups excluding tert-OH is 1.